The number of ether oxygens (including phenoxy) is 4. The van der Waals surface area contributed by atoms with Crippen molar-refractivity contribution in [2.24, 2.45) is 0 Å². The van der Waals surface area contributed by atoms with E-state index in [9.17, 15) is 136 Å². The Hall–Kier alpha value is -2.33. The van der Waals surface area contributed by atoms with E-state index in [0.717, 1.165) is 14.2 Å². The summed E-state index contributed by atoms with van der Waals surface area (Å²) in [7, 11) is 0. The Balaban J connectivity index is 7.63. The molecule has 0 amide bonds. The molecule has 0 aliphatic heterocycles. The van der Waals surface area contributed by atoms with Gasteiger partial charge in [0, 0.05) is 0 Å². The van der Waals surface area contributed by atoms with Crippen molar-refractivity contribution < 1.29 is 155 Å². The summed E-state index contributed by atoms with van der Waals surface area (Å²) in [5, 5.41) is 0. The van der Waals surface area contributed by atoms with Gasteiger partial charge in [-0.25, -0.2) is 0 Å². The quantitative estimate of drug-likeness (QED) is 0.184. The van der Waals surface area contributed by atoms with Crippen LogP contribution in [-0.4, -0.2) is 85.0 Å². The standard InChI is InChI=1S/C15F31O4/c16-2(17,18)1(3(19,20)21)47-13(41,42)5(24,9(30,31)32)49-15(45,46)7(26,11(36,37)38)50-14(43,44)6(25,10(33,34)35)48-12(39,40)4(22,23)8(27,28)29. The van der Waals surface area contributed by atoms with Gasteiger partial charge in [-0.05, 0) is 0 Å². The van der Waals surface area contributed by atoms with Gasteiger partial charge in [-0.1, -0.05) is 0 Å². The summed E-state index contributed by atoms with van der Waals surface area (Å²) in [5.41, 5.74) is 0. The molecule has 0 aromatic heterocycles. The van der Waals surface area contributed by atoms with Gasteiger partial charge < -0.3 is 0 Å². The maximum atomic E-state index is 14.3. The zero-order valence-corrected chi connectivity index (χ0v) is 20.8. The van der Waals surface area contributed by atoms with Crippen molar-refractivity contribution in [3.05, 3.63) is 6.10 Å². The monoisotopic (exact) mass is 833 g/mol. The highest BCUT2D eigenvalue weighted by Gasteiger charge is 2.90. The van der Waals surface area contributed by atoms with Crippen LogP contribution in [0.2, 0.25) is 0 Å². The molecule has 50 heavy (non-hydrogen) atoms. The minimum atomic E-state index is -9.28. The minimum Gasteiger partial charge on any atom is -0.287 e. The summed E-state index contributed by atoms with van der Waals surface area (Å²) >= 11 is 0. The number of alkyl halides is 31. The van der Waals surface area contributed by atoms with Gasteiger partial charge in [0.2, 0.25) is 0 Å². The molecule has 0 saturated carbocycles. The fraction of sp³-hybridized carbons (Fsp3) is 0.933. The third-order valence-electron chi connectivity index (χ3n) is 4.49. The van der Waals surface area contributed by atoms with E-state index in [1.54, 1.807) is 0 Å². The second kappa shape index (κ2) is 12.4. The van der Waals surface area contributed by atoms with Gasteiger partial charge in [-0.15, -0.1) is 0 Å². The van der Waals surface area contributed by atoms with Crippen molar-refractivity contribution in [2.45, 2.75) is 85.0 Å². The molecule has 0 aliphatic rings. The first kappa shape index (κ1) is 47.7. The van der Waals surface area contributed by atoms with E-state index in [-0.39, 0.29) is 0 Å². The predicted molar refractivity (Wildman–Crippen MR) is 80.2 cm³/mol. The molecule has 35 heteroatoms. The Morgan fingerprint density at radius 1 is 0.260 bits per heavy atom. The van der Waals surface area contributed by atoms with Crippen LogP contribution in [0.5, 0.6) is 0 Å². The van der Waals surface area contributed by atoms with Crippen LogP contribution < -0.4 is 0 Å². The first-order valence-corrected chi connectivity index (χ1v) is 9.99. The molecular weight excluding hydrogens is 833 g/mol. The lowest BCUT2D eigenvalue weighted by atomic mass is 10.2. The van der Waals surface area contributed by atoms with Crippen LogP contribution in [0.4, 0.5) is 136 Å². The van der Waals surface area contributed by atoms with Crippen LogP contribution in [0.15, 0.2) is 0 Å². The summed E-state index contributed by atoms with van der Waals surface area (Å²) in [5.74, 6) is -35.7. The second-order valence-electron chi connectivity index (χ2n) is 8.15. The van der Waals surface area contributed by atoms with Crippen molar-refractivity contribution in [3.63, 3.8) is 0 Å². The van der Waals surface area contributed by atoms with Crippen LogP contribution in [0.3, 0.4) is 0 Å². The lowest BCUT2D eigenvalue weighted by Crippen LogP contribution is -2.71. The topological polar surface area (TPSA) is 36.9 Å². The van der Waals surface area contributed by atoms with E-state index in [2.05, 4.69) is 0 Å². The summed E-state index contributed by atoms with van der Waals surface area (Å²) < 4.78 is 408. The molecule has 0 aliphatic carbocycles. The molecule has 1 radical (unpaired) electrons. The average molecular weight is 833 g/mol. The zero-order valence-electron chi connectivity index (χ0n) is 20.8. The molecule has 0 aromatic rings. The van der Waals surface area contributed by atoms with Crippen molar-refractivity contribution in [1.82, 2.24) is 0 Å². The first-order chi connectivity index (χ1) is 21.0. The Morgan fingerprint density at radius 3 is 0.680 bits per heavy atom. The number of halogens is 31. The molecule has 0 bridgehead atoms. The summed E-state index contributed by atoms with van der Waals surface area (Å²) in [6, 6.07) is 0. The van der Waals surface area contributed by atoms with E-state index < -0.39 is 91.1 Å². The third kappa shape index (κ3) is 8.32. The highest BCUT2D eigenvalue weighted by Crippen LogP contribution is 2.61. The summed E-state index contributed by atoms with van der Waals surface area (Å²) in [6.45, 7) is 0. The van der Waals surface area contributed by atoms with E-state index in [1.807, 2.05) is 0 Å². The average Bonchev–Trinajstić information content (AvgIpc) is 2.76. The SMILES string of the molecule is FC(F)(F)[C](OC(F)(F)C(F)(OC(F)(F)C(F)(OC(F)(F)C(F)(OC(F)(F)C(F)(F)C(F)(F)F)C(F)(F)F)C(F)(F)F)C(F)(F)F)C(F)(F)F. The molecule has 4 nitrogen and oxygen atoms in total. The fourth-order valence-electron chi connectivity index (χ4n) is 2.21. The lowest BCUT2D eigenvalue weighted by Gasteiger charge is -2.43. The van der Waals surface area contributed by atoms with E-state index >= 15 is 0 Å². The van der Waals surface area contributed by atoms with Crippen molar-refractivity contribution in [2.75, 3.05) is 0 Å². The Morgan fingerprint density at radius 2 is 0.480 bits per heavy atom. The van der Waals surface area contributed by atoms with Crippen molar-refractivity contribution in [1.29, 1.82) is 0 Å². The molecule has 0 spiro atoms. The zero-order chi connectivity index (χ0) is 41.4. The Labute approximate surface area is 247 Å². The maximum absolute atomic E-state index is 14.3. The van der Waals surface area contributed by atoms with Gasteiger partial charge in [0.15, 0.2) is 0 Å². The van der Waals surface area contributed by atoms with Crippen LogP contribution in [0, 0.1) is 6.10 Å². The number of rotatable bonds is 12. The van der Waals surface area contributed by atoms with E-state index in [4.69, 9.17) is 0 Å². The van der Waals surface area contributed by atoms with Crippen molar-refractivity contribution in [3.8, 4) is 0 Å². The predicted octanol–water partition coefficient (Wildman–Crippen LogP) is 9.96. The molecule has 0 rings (SSSR count). The smallest absolute Gasteiger partial charge is 0.287 e. The number of hydrogen-bond acceptors (Lipinski definition) is 4. The van der Waals surface area contributed by atoms with Gasteiger partial charge in [0.25, 0.3) is 0 Å². The van der Waals surface area contributed by atoms with E-state index in [1.165, 1.54) is 4.74 Å². The molecule has 3 unspecified atom stereocenters. The second-order valence-corrected chi connectivity index (χ2v) is 8.15. The first-order valence-electron chi connectivity index (χ1n) is 9.99. The van der Waals surface area contributed by atoms with Gasteiger partial charge in [0.1, 0.15) is 0 Å². The van der Waals surface area contributed by atoms with E-state index in [0.29, 0.717) is 0 Å². The summed E-state index contributed by atoms with van der Waals surface area (Å²) in [6.07, 6.45) is -90.9. The number of hydrogen-bond donors (Lipinski definition) is 0. The van der Waals surface area contributed by atoms with Crippen LogP contribution in [-0.2, 0) is 18.9 Å². The summed E-state index contributed by atoms with van der Waals surface area (Å²) in [4.78, 5) is 0. The molecular formula is C15F31O4. The van der Waals surface area contributed by atoms with Crippen molar-refractivity contribution >= 4 is 0 Å². The highest BCUT2D eigenvalue weighted by atomic mass is 19.5. The van der Waals surface area contributed by atoms with Gasteiger partial charge in [-0.2, -0.15) is 136 Å². The Bertz CT molecular complexity index is 1160. The highest BCUT2D eigenvalue weighted by molar-refractivity contribution is 5.02. The van der Waals surface area contributed by atoms with Gasteiger partial charge in [0.05, 0.1) is 0 Å². The van der Waals surface area contributed by atoms with Gasteiger partial charge in [-0.3, -0.25) is 18.9 Å². The van der Waals surface area contributed by atoms with Crippen LogP contribution in [0.25, 0.3) is 0 Å². The molecule has 0 saturated heterocycles. The molecule has 3 atom stereocenters. The normalized spacial score (nSPS) is 19.7. The minimum absolute atomic E-state index is 0.787. The largest absolute Gasteiger partial charge is 0.462 e. The molecule has 0 fully saturated rings. The lowest BCUT2D eigenvalue weighted by molar-refractivity contribution is -0.589. The van der Waals surface area contributed by atoms with Gasteiger partial charge >= 0.3 is 91.1 Å². The van der Waals surface area contributed by atoms with Crippen LogP contribution >= 0.6 is 0 Å². The molecule has 0 N–H and O–H groups in total. The van der Waals surface area contributed by atoms with Crippen LogP contribution in [0.1, 0.15) is 0 Å². The molecule has 0 heterocycles. The molecule has 301 valence electrons. The molecule has 0 aromatic carbocycles. The fourth-order valence-corrected chi connectivity index (χ4v) is 2.21. The third-order valence-corrected chi connectivity index (χ3v) is 4.49. The Kier molecular flexibility index (Phi) is 11.8. The maximum Gasteiger partial charge on any atom is 0.462 e.